The maximum atomic E-state index is 12.8. The van der Waals surface area contributed by atoms with Gasteiger partial charge in [-0.15, -0.1) is 0 Å². The van der Waals surface area contributed by atoms with Gasteiger partial charge in [-0.25, -0.2) is 4.98 Å². The predicted molar refractivity (Wildman–Crippen MR) is 82.3 cm³/mol. The molecule has 0 fully saturated rings. The number of rotatable bonds is 5. The summed E-state index contributed by atoms with van der Waals surface area (Å²) in [6.07, 6.45) is -0.666. The van der Waals surface area contributed by atoms with Crippen LogP contribution < -0.4 is 5.32 Å². The molecule has 118 valence electrons. The summed E-state index contributed by atoms with van der Waals surface area (Å²) in [4.78, 5) is 4.28. The van der Waals surface area contributed by atoms with Crippen molar-refractivity contribution < 1.29 is 13.2 Å². The number of halogens is 3. The quantitative estimate of drug-likeness (QED) is 0.761. The van der Waals surface area contributed by atoms with E-state index < -0.39 is 11.7 Å². The number of pyridine rings is 1. The summed E-state index contributed by atoms with van der Waals surface area (Å²) in [5, 5.41) is 3.01. The molecule has 2 nitrogen and oxygen atoms in total. The highest BCUT2D eigenvalue weighted by Crippen LogP contribution is 2.32. The Labute approximate surface area is 128 Å². The van der Waals surface area contributed by atoms with Crippen LogP contribution in [0.3, 0.4) is 0 Å². The highest BCUT2D eigenvalue weighted by molar-refractivity contribution is 5.60. The highest BCUT2D eigenvalue weighted by Gasteiger charge is 2.30. The third kappa shape index (κ3) is 4.00. The second-order valence-electron chi connectivity index (χ2n) is 5.33. The van der Waals surface area contributed by atoms with Gasteiger partial charge in [0.15, 0.2) is 0 Å². The number of hydrogen-bond acceptors (Lipinski definition) is 2. The Bertz CT molecular complexity index is 623. The number of nitrogens with zero attached hydrogens (tertiary/aromatic N) is 1. The maximum absolute atomic E-state index is 12.8. The minimum absolute atomic E-state index is 0.298. The third-order valence-corrected chi connectivity index (χ3v) is 3.54. The summed E-state index contributed by atoms with van der Waals surface area (Å²) < 4.78 is 38.3. The minimum atomic E-state index is -4.35. The van der Waals surface area contributed by atoms with Gasteiger partial charge >= 0.3 is 6.18 Å². The Morgan fingerprint density at radius 1 is 1.18 bits per heavy atom. The fourth-order valence-corrected chi connectivity index (χ4v) is 2.42. The number of hydrogen-bond donors (Lipinski definition) is 1. The molecule has 0 spiro atoms. The summed E-state index contributed by atoms with van der Waals surface area (Å²) in [5.74, 6) is 0.912. The van der Waals surface area contributed by atoms with E-state index in [0.717, 1.165) is 30.5 Å². The summed E-state index contributed by atoms with van der Waals surface area (Å²) >= 11 is 0. The van der Waals surface area contributed by atoms with Crippen molar-refractivity contribution in [3.05, 3.63) is 53.7 Å². The van der Waals surface area contributed by atoms with Crippen molar-refractivity contribution >= 4 is 11.5 Å². The average molecular weight is 308 g/mol. The molecule has 1 atom stereocenters. The van der Waals surface area contributed by atoms with E-state index >= 15 is 0 Å². The fourth-order valence-electron chi connectivity index (χ4n) is 2.42. The van der Waals surface area contributed by atoms with Crippen LogP contribution >= 0.6 is 0 Å². The maximum Gasteiger partial charge on any atom is 0.416 e. The van der Waals surface area contributed by atoms with Crippen LogP contribution in [0.5, 0.6) is 0 Å². The lowest BCUT2D eigenvalue weighted by Gasteiger charge is -2.16. The van der Waals surface area contributed by atoms with Crippen molar-refractivity contribution in [3.63, 3.8) is 0 Å². The predicted octanol–water partition coefficient (Wildman–Crippen LogP) is 5.75. The van der Waals surface area contributed by atoms with Crippen LogP contribution in [0.1, 0.15) is 43.7 Å². The van der Waals surface area contributed by atoms with Gasteiger partial charge in [0.05, 0.1) is 5.56 Å². The molecular formula is C17H19F3N2. The molecule has 1 aromatic carbocycles. The van der Waals surface area contributed by atoms with E-state index in [1.165, 1.54) is 6.07 Å². The summed E-state index contributed by atoms with van der Waals surface area (Å²) in [5.41, 5.74) is 0.733. The Morgan fingerprint density at radius 3 is 2.64 bits per heavy atom. The topological polar surface area (TPSA) is 24.9 Å². The Hall–Kier alpha value is -2.04. The minimum Gasteiger partial charge on any atom is -0.340 e. The van der Waals surface area contributed by atoms with Gasteiger partial charge in [0.2, 0.25) is 0 Å². The van der Waals surface area contributed by atoms with Crippen LogP contribution in [0, 0.1) is 0 Å². The van der Waals surface area contributed by atoms with Crippen molar-refractivity contribution in [3.8, 4) is 0 Å². The molecule has 22 heavy (non-hydrogen) atoms. The first-order valence-electron chi connectivity index (χ1n) is 7.31. The fraction of sp³-hybridized carbons (Fsp3) is 0.353. The lowest BCUT2D eigenvalue weighted by molar-refractivity contribution is -0.137. The normalized spacial score (nSPS) is 13.0. The standard InChI is InChI=1S/C17H19F3N2/c1-3-6-12(2)15-9-5-10-21-16(15)22-14-8-4-7-13(11-14)17(18,19)20/h4-5,7-12H,3,6H2,1-2H3,(H,21,22). The van der Waals surface area contributed by atoms with Crippen molar-refractivity contribution in [1.29, 1.82) is 0 Å². The van der Waals surface area contributed by atoms with Gasteiger partial charge in [-0.3, -0.25) is 0 Å². The molecule has 0 aliphatic rings. The first-order chi connectivity index (χ1) is 10.4. The molecule has 1 unspecified atom stereocenters. The molecule has 0 aliphatic heterocycles. The number of anilines is 2. The zero-order chi connectivity index (χ0) is 16.2. The molecule has 1 aromatic heterocycles. The second kappa shape index (κ2) is 6.81. The molecule has 0 aliphatic carbocycles. The number of alkyl halides is 3. The molecule has 0 saturated heterocycles. The molecule has 0 saturated carbocycles. The van der Waals surface area contributed by atoms with E-state index in [4.69, 9.17) is 0 Å². The van der Waals surface area contributed by atoms with Gasteiger partial charge < -0.3 is 5.32 Å². The largest absolute Gasteiger partial charge is 0.416 e. The highest BCUT2D eigenvalue weighted by atomic mass is 19.4. The van der Waals surface area contributed by atoms with E-state index in [1.807, 2.05) is 12.1 Å². The van der Waals surface area contributed by atoms with Crippen molar-refractivity contribution in [1.82, 2.24) is 4.98 Å². The molecule has 0 bridgehead atoms. The zero-order valence-corrected chi connectivity index (χ0v) is 12.6. The zero-order valence-electron chi connectivity index (χ0n) is 12.6. The van der Waals surface area contributed by atoms with Gasteiger partial charge in [-0.1, -0.05) is 32.4 Å². The van der Waals surface area contributed by atoms with Crippen LogP contribution in [-0.2, 0) is 6.18 Å². The van der Waals surface area contributed by atoms with E-state index in [0.29, 0.717) is 17.4 Å². The van der Waals surface area contributed by atoms with Crippen LogP contribution in [-0.4, -0.2) is 4.98 Å². The average Bonchev–Trinajstić information content (AvgIpc) is 2.47. The SMILES string of the molecule is CCCC(C)c1cccnc1Nc1cccc(C(F)(F)F)c1. The first-order valence-corrected chi connectivity index (χ1v) is 7.31. The van der Waals surface area contributed by atoms with E-state index in [-0.39, 0.29) is 0 Å². The van der Waals surface area contributed by atoms with Gasteiger partial charge in [0.25, 0.3) is 0 Å². The van der Waals surface area contributed by atoms with Crippen LogP contribution in [0.4, 0.5) is 24.7 Å². The molecule has 0 amide bonds. The van der Waals surface area contributed by atoms with Crippen molar-refractivity contribution in [2.75, 3.05) is 5.32 Å². The van der Waals surface area contributed by atoms with Gasteiger partial charge in [0, 0.05) is 11.9 Å². The Morgan fingerprint density at radius 2 is 1.95 bits per heavy atom. The molecule has 1 N–H and O–H groups in total. The van der Waals surface area contributed by atoms with Crippen LogP contribution in [0.15, 0.2) is 42.6 Å². The molecule has 2 rings (SSSR count). The van der Waals surface area contributed by atoms with E-state index in [1.54, 1.807) is 12.3 Å². The lowest BCUT2D eigenvalue weighted by Crippen LogP contribution is -2.06. The molecule has 1 heterocycles. The van der Waals surface area contributed by atoms with E-state index in [9.17, 15) is 13.2 Å². The van der Waals surface area contributed by atoms with Gasteiger partial charge in [-0.2, -0.15) is 13.2 Å². The summed E-state index contributed by atoms with van der Waals surface area (Å²) in [6, 6.07) is 8.97. The van der Waals surface area contributed by atoms with Crippen LogP contribution in [0.25, 0.3) is 0 Å². The molecule has 0 radical (unpaired) electrons. The monoisotopic (exact) mass is 308 g/mol. The number of nitrogens with one attached hydrogen (secondary N) is 1. The summed E-state index contributed by atoms with van der Waals surface area (Å²) in [6.45, 7) is 4.20. The van der Waals surface area contributed by atoms with Gasteiger partial charge in [-0.05, 0) is 42.2 Å². The first kappa shape index (κ1) is 16.3. The second-order valence-corrected chi connectivity index (χ2v) is 5.33. The smallest absolute Gasteiger partial charge is 0.340 e. The van der Waals surface area contributed by atoms with Crippen LogP contribution in [0.2, 0.25) is 0 Å². The number of aromatic nitrogens is 1. The van der Waals surface area contributed by atoms with E-state index in [2.05, 4.69) is 24.1 Å². The lowest BCUT2D eigenvalue weighted by atomic mass is 9.97. The number of benzene rings is 1. The molecule has 5 heteroatoms. The Kier molecular flexibility index (Phi) is 5.06. The Balaban J connectivity index is 2.28. The molecular weight excluding hydrogens is 289 g/mol. The van der Waals surface area contributed by atoms with Crippen molar-refractivity contribution in [2.45, 2.75) is 38.8 Å². The molecule has 2 aromatic rings. The van der Waals surface area contributed by atoms with Gasteiger partial charge in [0.1, 0.15) is 5.82 Å². The summed E-state index contributed by atoms with van der Waals surface area (Å²) in [7, 11) is 0. The third-order valence-electron chi connectivity index (χ3n) is 3.54. The van der Waals surface area contributed by atoms with Crippen molar-refractivity contribution in [2.24, 2.45) is 0 Å².